The predicted molar refractivity (Wildman–Crippen MR) is 74.8 cm³/mol. The van der Waals surface area contributed by atoms with Crippen LogP contribution in [0.15, 0.2) is 48.5 Å². The van der Waals surface area contributed by atoms with Crippen molar-refractivity contribution >= 4 is 0 Å². The fourth-order valence-corrected chi connectivity index (χ4v) is 1.50. The standard InChI is InChI=1S/2C8H7NO/c9-5-4-7-2-1-3-8(10)6-7;9-6-5-7-3-1-2-4-8(7)10/h1-3,6,10H,4H2;1-4,10H,5H2. The number of para-hydroxylation sites is 1. The molecule has 0 fully saturated rings. The highest BCUT2D eigenvalue weighted by molar-refractivity contribution is 5.33. The number of phenolic OH excluding ortho intramolecular Hbond substituents is 2. The quantitative estimate of drug-likeness (QED) is 0.874. The van der Waals surface area contributed by atoms with E-state index in [0.717, 1.165) is 5.56 Å². The molecule has 4 nitrogen and oxygen atoms in total. The highest BCUT2D eigenvalue weighted by atomic mass is 16.3. The average molecular weight is 266 g/mol. The van der Waals surface area contributed by atoms with Gasteiger partial charge in [0.05, 0.1) is 25.0 Å². The number of phenols is 2. The van der Waals surface area contributed by atoms with Gasteiger partial charge in [0.25, 0.3) is 0 Å². The highest BCUT2D eigenvalue weighted by Crippen LogP contribution is 2.15. The van der Waals surface area contributed by atoms with Crippen LogP contribution in [0.3, 0.4) is 0 Å². The summed E-state index contributed by atoms with van der Waals surface area (Å²) in [6.45, 7) is 0. The van der Waals surface area contributed by atoms with Gasteiger partial charge in [0, 0.05) is 5.56 Å². The Morgan fingerprint density at radius 2 is 1.55 bits per heavy atom. The summed E-state index contributed by atoms with van der Waals surface area (Å²) in [6, 6.07) is 17.5. The molecule has 100 valence electrons. The van der Waals surface area contributed by atoms with Crippen LogP contribution in [0.25, 0.3) is 0 Å². The molecule has 0 aliphatic carbocycles. The minimum absolute atomic E-state index is 0.198. The molecule has 20 heavy (non-hydrogen) atoms. The Morgan fingerprint density at radius 3 is 2.15 bits per heavy atom. The van der Waals surface area contributed by atoms with Gasteiger partial charge in [0.15, 0.2) is 0 Å². The lowest BCUT2D eigenvalue weighted by atomic mass is 10.1. The number of rotatable bonds is 2. The largest absolute Gasteiger partial charge is 0.508 e. The van der Waals surface area contributed by atoms with Gasteiger partial charge in [-0.3, -0.25) is 0 Å². The molecule has 2 aromatic carbocycles. The molecule has 2 N–H and O–H groups in total. The number of aromatic hydroxyl groups is 2. The molecule has 0 aliphatic rings. The summed E-state index contributed by atoms with van der Waals surface area (Å²) in [5, 5.41) is 34.6. The molecule has 0 atom stereocenters. The lowest BCUT2D eigenvalue weighted by Gasteiger charge is -1.95. The van der Waals surface area contributed by atoms with Gasteiger partial charge in [-0.1, -0.05) is 30.3 Å². The van der Waals surface area contributed by atoms with Crippen LogP contribution < -0.4 is 0 Å². The summed E-state index contributed by atoms with van der Waals surface area (Å²) in [4.78, 5) is 0. The van der Waals surface area contributed by atoms with Crippen LogP contribution in [0, 0.1) is 22.7 Å². The smallest absolute Gasteiger partial charge is 0.119 e. The number of nitriles is 2. The van der Waals surface area contributed by atoms with Crippen LogP contribution in [-0.4, -0.2) is 10.2 Å². The van der Waals surface area contributed by atoms with E-state index in [1.165, 1.54) is 0 Å². The normalized spacial score (nSPS) is 8.70. The minimum Gasteiger partial charge on any atom is -0.508 e. The van der Waals surface area contributed by atoms with Crippen molar-refractivity contribution in [3.8, 4) is 23.6 Å². The SMILES string of the molecule is N#CCc1cccc(O)c1.N#CCc1ccccc1O. The Kier molecular flexibility index (Phi) is 6.17. The van der Waals surface area contributed by atoms with Crippen molar-refractivity contribution in [2.24, 2.45) is 0 Å². The molecular weight excluding hydrogens is 252 g/mol. The van der Waals surface area contributed by atoms with Gasteiger partial charge in [0.1, 0.15) is 11.5 Å². The zero-order chi connectivity index (χ0) is 14.8. The summed E-state index contributed by atoms with van der Waals surface area (Å²) >= 11 is 0. The molecule has 2 rings (SSSR count). The lowest BCUT2D eigenvalue weighted by molar-refractivity contribution is 0.470. The molecule has 2 aromatic rings. The van der Waals surface area contributed by atoms with E-state index in [1.54, 1.807) is 42.5 Å². The van der Waals surface area contributed by atoms with E-state index in [-0.39, 0.29) is 17.9 Å². The van der Waals surface area contributed by atoms with Gasteiger partial charge in [-0.25, -0.2) is 0 Å². The third-order valence-corrected chi connectivity index (χ3v) is 2.45. The van der Waals surface area contributed by atoms with E-state index in [4.69, 9.17) is 20.7 Å². The molecule has 4 heteroatoms. The summed E-state index contributed by atoms with van der Waals surface area (Å²) in [7, 11) is 0. The van der Waals surface area contributed by atoms with Crippen LogP contribution in [0.2, 0.25) is 0 Å². The Labute approximate surface area is 117 Å². The van der Waals surface area contributed by atoms with Crippen LogP contribution >= 0.6 is 0 Å². The fraction of sp³-hybridized carbons (Fsp3) is 0.125. The minimum atomic E-state index is 0.198. The highest BCUT2D eigenvalue weighted by Gasteiger charge is 1.95. The molecule has 0 aromatic heterocycles. The van der Waals surface area contributed by atoms with Gasteiger partial charge < -0.3 is 10.2 Å². The van der Waals surface area contributed by atoms with E-state index in [9.17, 15) is 0 Å². The molecule has 0 unspecified atom stereocenters. The predicted octanol–water partition coefficient (Wildman–Crippen LogP) is 2.92. The van der Waals surface area contributed by atoms with E-state index >= 15 is 0 Å². The zero-order valence-electron chi connectivity index (χ0n) is 10.8. The Balaban J connectivity index is 0.000000200. The topological polar surface area (TPSA) is 88.0 Å². The van der Waals surface area contributed by atoms with Crippen molar-refractivity contribution in [1.29, 1.82) is 10.5 Å². The molecule has 0 spiro atoms. The maximum atomic E-state index is 9.09. The Hall–Kier alpha value is -2.98. The second kappa shape index (κ2) is 8.18. The number of nitrogens with zero attached hydrogens (tertiary/aromatic N) is 2. The summed E-state index contributed by atoms with van der Waals surface area (Å²) < 4.78 is 0. The number of hydrogen-bond acceptors (Lipinski definition) is 4. The Morgan fingerprint density at radius 1 is 0.850 bits per heavy atom. The van der Waals surface area contributed by atoms with Crippen molar-refractivity contribution in [3.05, 3.63) is 59.7 Å². The van der Waals surface area contributed by atoms with Gasteiger partial charge in [0.2, 0.25) is 0 Å². The van der Waals surface area contributed by atoms with E-state index in [1.807, 2.05) is 18.2 Å². The van der Waals surface area contributed by atoms with Gasteiger partial charge in [-0.2, -0.15) is 10.5 Å². The molecule has 0 saturated heterocycles. The zero-order valence-corrected chi connectivity index (χ0v) is 10.8. The molecule has 0 radical (unpaired) electrons. The number of benzene rings is 2. The third-order valence-electron chi connectivity index (χ3n) is 2.45. The van der Waals surface area contributed by atoms with Gasteiger partial charge in [-0.15, -0.1) is 0 Å². The van der Waals surface area contributed by atoms with Gasteiger partial charge >= 0.3 is 0 Å². The van der Waals surface area contributed by atoms with Crippen LogP contribution in [0.4, 0.5) is 0 Å². The van der Waals surface area contributed by atoms with Crippen molar-refractivity contribution in [3.63, 3.8) is 0 Å². The van der Waals surface area contributed by atoms with Crippen LogP contribution in [0.5, 0.6) is 11.5 Å². The first-order valence-corrected chi connectivity index (χ1v) is 5.96. The molecule has 0 bridgehead atoms. The molecule has 0 aliphatic heterocycles. The lowest BCUT2D eigenvalue weighted by Crippen LogP contribution is -1.80. The molecule has 0 heterocycles. The first-order chi connectivity index (χ1) is 9.67. The third kappa shape index (κ3) is 5.12. The molecule has 0 amide bonds. The molecular formula is C16H14N2O2. The van der Waals surface area contributed by atoms with Crippen molar-refractivity contribution < 1.29 is 10.2 Å². The number of hydrogen-bond donors (Lipinski definition) is 2. The Bertz CT molecular complexity index is 639. The summed E-state index contributed by atoms with van der Waals surface area (Å²) in [5.41, 5.74) is 1.53. The van der Waals surface area contributed by atoms with E-state index < -0.39 is 0 Å². The first kappa shape index (κ1) is 15.1. The summed E-state index contributed by atoms with van der Waals surface area (Å²) in [6.07, 6.45) is 0.626. The average Bonchev–Trinajstić information content (AvgIpc) is 2.43. The van der Waals surface area contributed by atoms with Crippen molar-refractivity contribution in [2.75, 3.05) is 0 Å². The van der Waals surface area contributed by atoms with Gasteiger partial charge in [-0.05, 0) is 23.8 Å². The monoisotopic (exact) mass is 266 g/mol. The first-order valence-electron chi connectivity index (χ1n) is 5.96. The maximum Gasteiger partial charge on any atom is 0.119 e. The van der Waals surface area contributed by atoms with Crippen LogP contribution in [0.1, 0.15) is 11.1 Å². The summed E-state index contributed by atoms with van der Waals surface area (Å²) in [5.74, 6) is 0.414. The fourth-order valence-electron chi connectivity index (χ4n) is 1.50. The van der Waals surface area contributed by atoms with E-state index in [0.29, 0.717) is 12.0 Å². The van der Waals surface area contributed by atoms with Crippen molar-refractivity contribution in [1.82, 2.24) is 0 Å². The van der Waals surface area contributed by atoms with Crippen molar-refractivity contribution in [2.45, 2.75) is 12.8 Å². The maximum absolute atomic E-state index is 9.09. The molecule has 0 saturated carbocycles. The second-order valence-electron chi connectivity index (χ2n) is 3.97. The second-order valence-corrected chi connectivity index (χ2v) is 3.97. The van der Waals surface area contributed by atoms with Crippen LogP contribution in [-0.2, 0) is 12.8 Å². The van der Waals surface area contributed by atoms with E-state index in [2.05, 4.69) is 0 Å².